The minimum atomic E-state index is -0.832. The number of aliphatic carboxylic acids is 1. The smallest absolute Gasteiger partial charge is 0.308 e. The first-order chi connectivity index (χ1) is 9.00. The lowest BCUT2D eigenvalue weighted by Gasteiger charge is -2.31. The Morgan fingerprint density at radius 1 is 1.42 bits per heavy atom. The molecule has 0 unspecified atom stereocenters. The normalized spacial score (nSPS) is 19.2. The van der Waals surface area contributed by atoms with E-state index in [1.807, 2.05) is 0 Å². The third-order valence-electron chi connectivity index (χ3n) is 3.66. The van der Waals surface area contributed by atoms with E-state index in [0.29, 0.717) is 24.2 Å². The van der Waals surface area contributed by atoms with Crippen molar-refractivity contribution in [2.75, 3.05) is 18.8 Å². The van der Waals surface area contributed by atoms with Gasteiger partial charge in [-0.1, -0.05) is 6.07 Å². The van der Waals surface area contributed by atoms with Crippen LogP contribution in [-0.2, 0) is 4.79 Å². The second-order valence-corrected chi connectivity index (χ2v) is 4.95. The summed E-state index contributed by atoms with van der Waals surface area (Å²) in [5, 5.41) is 9.05. The van der Waals surface area contributed by atoms with Crippen molar-refractivity contribution < 1.29 is 14.7 Å². The summed E-state index contributed by atoms with van der Waals surface area (Å²) in [5.41, 5.74) is 7.70. The molecule has 1 atom stereocenters. The predicted molar refractivity (Wildman–Crippen MR) is 71.9 cm³/mol. The SMILES string of the molecule is Cc1c(N)cccc1C(=O)N1CCC[C@@H](C(=O)O)C1. The van der Waals surface area contributed by atoms with E-state index in [1.54, 1.807) is 30.0 Å². The predicted octanol–water partition coefficient (Wildman–Crippen LogP) is 1.51. The van der Waals surface area contributed by atoms with Crippen molar-refractivity contribution in [2.45, 2.75) is 19.8 Å². The molecule has 2 rings (SSSR count). The van der Waals surface area contributed by atoms with E-state index in [2.05, 4.69) is 0 Å². The average molecular weight is 262 g/mol. The summed E-state index contributed by atoms with van der Waals surface area (Å²) in [6.45, 7) is 2.69. The first kappa shape index (κ1) is 13.4. The van der Waals surface area contributed by atoms with Gasteiger partial charge in [-0.05, 0) is 37.5 Å². The molecule has 5 heteroatoms. The molecule has 1 heterocycles. The minimum absolute atomic E-state index is 0.129. The molecular weight excluding hydrogens is 244 g/mol. The Balaban J connectivity index is 2.19. The van der Waals surface area contributed by atoms with Crippen LogP contribution in [-0.4, -0.2) is 35.0 Å². The fourth-order valence-corrected chi connectivity index (χ4v) is 2.42. The third-order valence-corrected chi connectivity index (χ3v) is 3.66. The second-order valence-electron chi connectivity index (χ2n) is 4.95. The van der Waals surface area contributed by atoms with E-state index in [1.165, 1.54) is 0 Å². The number of rotatable bonds is 2. The number of carbonyl (C=O) groups excluding carboxylic acids is 1. The lowest BCUT2D eigenvalue weighted by atomic mass is 9.97. The molecule has 1 aromatic rings. The van der Waals surface area contributed by atoms with Crippen LogP contribution in [0.25, 0.3) is 0 Å². The van der Waals surface area contributed by atoms with Gasteiger partial charge in [0.15, 0.2) is 0 Å². The van der Waals surface area contributed by atoms with Crippen molar-refractivity contribution in [3.05, 3.63) is 29.3 Å². The molecular formula is C14H18N2O3. The number of hydrogen-bond acceptors (Lipinski definition) is 3. The molecule has 1 aliphatic heterocycles. The number of nitrogens with two attached hydrogens (primary N) is 1. The van der Waals surface area contributed by atoms with Gasteiger partial charge in [-0.3, -0.25) is 9.59 Å². The average Bonchev–Trinajstić information content (AvgIpc) is 2.41. The summed E-state index contributed by atoms with van der Waals surface area (Å²) >= 11 is 0. The number of likely N-dealkylation sites (tertiary alicyclic amines) is 1. The molecule has 19 heavy (non-hydrogen) atoms. The number of hydrogen-bond donors (Lipinski definition) is 2. The van der Waals surface area contributed by atoms with Gasteiger partial charge in [0.05, 0.1) is 5.92 Å². The van der Waals surface area contributed by atoms with E-state index in [-0.39, 0.29) is 12.5 Å². The maximum absolute atomic E-state index is 12.4. The Kier molecular flexibility index (Phi) is 3.74. The molecule has 0 aliphatic carbocycles. The zero-order valence-electron chi connectivity index (χ0n) is 10.9. The fraction of sp³-hybridized carbons (Fsp3) is 0.429. The van der Waals surface area contributed by atoms with Gasteiger partial charge in [-0.2, -0.15) is 0 Å². The Labute approximate surface area is 112 Å². The number of carboxylic acid groups (broad SMARTS) is 1. The fourth-order valence-electron chi connectivity index (χ4n) is 2.42. The Morgan fingerprint density at radius 3 is 2.84 bits per heavy atom. The highest BCUT2D eigenvalue weighted by molar-refractivity contribution is 5.97. The molecule has 0 spiro atoms. The molecule has 1 fully saturated rings. The molecule has 102 valence electrons. The topological polar surface area (TPSA) is 83.6 Å². The number of carboxylic acids is 1. The van der Waals surface area contributed by atoms with Crippen molar-refractivity contribution in [3.63, 3.8) is 0 Å². The van der Waals surface area contributed by atoms with Gasteiger partial charge >= 0.3 is 5.97 Å². The quantitative estimate of drug-likeness (QED) is 0.791. The van der Waals surface area contributed by atoms with Crippen LogP contribution in [0, 0.1) is 12.8 Å². The van der Waals surface area contributed by atoms with E-state index in [0.717, 1.165) is 12.0 Å². The number of benzene rings is 1. The lowest BCUT2D eigenvalue weighted by Crippen LogP contribution is -2.42. The largest absolute Gasteiger partial charge is 0.481 e. The molecule has 1 aliphatic rings. The van der Waals surface area contributed by atoms with Gasteiger partial charge in [-0.25, -0.2) is 0 Å². The monoisotopic (exact) mass is 262 g/mol. The zero-order valence-corrected chi connectivity index (χ0v) is 10.9. The molecule has 0 saturated carbocycles. The Morgan fingerprint density at radius 2 is 2.16 bits per heavy atom. The zero-order chi connectivity index (χ0) is 14.0. The number of carbonyl (C=O) groups is 2. The van der Waals surface area contributed by atoms with Crippen molar-refractivity contribution in [2.24, 2.45) is 5.92 Å². The van der Waals surface area contributed by atoms with Crippen LogP contribution in [0.1, 0.15) is 28.8 Å². The van der Waals surface area contributed by atoms with E-state index < -0.39 is 11.9 Å². The maximum Gasteiger partial charge on any atom is 0.308 e. The number of anilines is 1. The van der Waals surface area contributed by atoms with Crippen molar-refractivity contribution >= 4 is 17.6 Å². The first-order valence-corrected chi connectivity index (χ1v) is 6.38. The highest BCUT2D eigenvalue weighted by Gasteiger charge is 2.29. The first-order valence-electron chi connectivity index (χ1n) is 6.38. The van der Waals surface area contributed by atoms with Gasteiger partial charge in [-0.15, -0.1) is 0 Å². The van der Waals surface area contributed by atoms with Crippen molar-refractivity contribution in [3.8, 4) is 0 Å². The van der Waals surface area contributed by atoms with Crippen LogP contribution in [0.3, 0.4) is 0 Å². The molecule has 0 bridgehead atoms. The highest BCUT2D eigenvalue weighted by atomic mass is 16.4. The maximum atomic E-state index is 12.4. The molecule has 5 nitrogen and oxygen atoms in total. The number of amides is 1. The minimum Gasteiger partial charge on any atom is -0.481 e. The van der Waals surface area contributed by atoms with Crippen molar-refractivity contribution in [1.29, 1.82) is 0 Å². The van der Waals surface area contributed by atoms with Gasteiger partial charge in [0, 0.05) is 24.3 Å². The molecule has 3 N–H and O–H groups in total. The molecule has 1 aromatic carbocycles. The molecule has 1 amide bonds. The standard InChI is InChI=1S/C14H18N2O3/c1-9-11(5-2-6-12(9)15)13(17)16-7-3-4-10(8-16)14(18)19/h2,5-6,10H,3-4,7-8,15H2,1H3,(H,18,19)/t10-/m1/s1. The molecule has 0 radical (unpaired) electrons. The van der Waals surface area contributed by atoms with E-state index >= 15 is 0 Å². The van der Waals surface area contributed by atoms with Gasteiger partial charge in [0.1, 0.15) is 0 Å². The van der Waals surface area contributed by atoms with Crippen LogP contribution in [0.4, 0.5) is 5.69 Å². The summed E-state index contributed by atoms with van der Waals surface area (Å²) in [5.74, 6) is -1.42. The summed E-state index contributed by atoms with van der Waals surface area (Å²) in [6.07, 6.45) is 1.36. The van der Waals surface area contributed by atoms with Gasteiger partial charge in [0.2, 0.25) is 0 Å². The van der Waals surface area contributed by atoms with Crippen LogP contribution in [0.15, 0.2) is 18.2 Å². The summed E-state index contributed by atoms with van der Waals surface area (Å²) in [6, 6.07) is 5.23. The third kappa shape index (κ3) is 2.70. The van der Waals surface area contributed by atoms with Crippen LogP contribution in [0.5, 0.6) is 0 Å². The summed E-state index contributed by atoms with van der Waals surface area (Å²) < 4.78 is 0. The Bertz CT molecular complexity index is 513. The highest BCUT2D eigenvalue weighted by Crippen LogP contribution is 2.22. The van der Waals surface area contributed by atoms with Crippen LogP contribution < -0.4 is 5.73 Å². The lowest BCUT2D eigenvalue weighted by molar-refractivity contribution is -0.143. The second kappa shape index (κ2) is 5.30. The van der Waals surface area contributed by atoms with Crippen molar-refractivity contribution in [1.82, 2.24) is 4.90 Å². The molecule has 1 saturated heterocycles. The van der Waals surface area contributed by atoms with E-state index in [9.17, 15) is 9.59 Å². The number of nitrogens with zero attached hydrogens (tertiary/aromatic N) is 1. The summed E-state index contributed by atoms with van der Waals surface area (Å²) in [7, 11) is 0. The van der Waals surface area contributed by atoms with Gasteiger partial charge < -0.3 is 15.7 Å². The van der Waals surface area contributed by atoms with Crippen LogP contribution in [0.2, 0.25) is 0 Å². The number of nitrogen functional groups attached to an aromatic ring is 1. The Hall–Kier alpha value is -2.04. The molecule has 0 aromatic heterocycles. The van der Waals surface area contributed by atoms with Crippen LogP contribution >= 0.6 is 0 Å². The summed E-state index contributed by atoms with van der Waals surface area (Å²) in [4.78, 5) is 25.1. The van der Waals surface area contributed by atoms with Gasteiger partial charge in [0.25, 0.3) is 5.91 Å². The van der Waals surface area contributed by atoms with E-state index in [4.69, 9.17) is 10.8 Å². The number of piperidine rings is 1.